The molecular formula is C20H22N2O4S. The van der Waals surface area contributed by atoms with Gasteiger partial charge < -0.3 is 14.8 Å². The molecule has 1 fully saturated rings. The van der Waals surface area contributed by atoms with Crippen LogP contribution in [-0.4, -0.2) is 31.8 Å². The summed E-state index contributed by atoms with van der Waals surface area (Å²) in [5, 5.41) is 2.66. The zero-order valence-corrected chi connectivity index (χ0v) is 16.3. The van der Waals surface area contributed by atoms with Gasteiger partial charge in [-0.05, 0) is 18.2 Å². The first-order chi connectivity index (χ1) is 13.1. The van der Waals surface area contributed by atoms with Crippen molar-refractivity contribution in [2.45, 2.75) is 18.7 Å². The molecule has 1 aliphatic rings. The topological polar surface area (TPSA) is 67.9 Å². The summed E-state index contributed by atoms with van der Waals surface area (Å²) in [6.45, 7) is 1.80. The molecule has 0 bridgehead atoms. The van der Waals surface area contributed by atoms with Crippen LogP contribution in [0.15, 0.2) is 42.5 Å². The predicted octanol–water partition coefficient (Wildman–Crippen LogP) is 3.83. The lowest BCUT2D eigenvalue weighted by molar-refractivity contribution is -0.116. The first kappa shape index (κ1) is 19.1. The number of carbonyl (C=O) groups is 2. The summed E-state index contributed by atoms with van der Waals surface area (Å²) in [7, 11) is 3.16. The third-order valence-electron chi connectivity index (χ3n) is 4.34. The Kier molecular flexibility index (Phi) is 5.91. The maximum atomic E-state index is 12.7. The van der Waals surface area contributed by atoms with Crippen molar-refractivity contribution in [3.63, 3.8) is 0 Å². The summed E-state index contributed by atoms with van der Waals surface area (Å²) >= 11 is 1.52. The molecule has 0 aromatic heterocycles. The van der Waals surface area contributed by atoms with Crippen molar-refractivity contribution in [2.24, 2.45) is 0 Å². The zero-order chi connectivity index (χ0) is 19.4. The van der Waals surface area contributed by atoms with E-state index in [-0.39, 0.29) is 17.2 Å². The van der Waals surface area contributed by atoms with Gasteiger partial charge in [0.2, 0.25) is 11.8 Å². The largest absolute Gasteiger partial charge is 0.497 e. The first-order valence-corrected chi connectivity index (χ1v) is 9.68. The van der Waals surface area contributed by atoms with Crippen LogP contribution >= 0.6 is 11.8 Å². The third kappa shape index (κ3) is 3.88. The Balaban J connectivity index is 2.05. The van der Waals surface area contributed by atoms with E-state index in [1.807, 2.05) is 24.3 Å². The fourth-order valence-corrected chi connectivity index (χ4v) is 4.17. The standard InChI is InChI=1S/C20H22N2O4S/c1-4-18(23)21-15-8-6-5-7-14(15)20-22(19(24)12-27-20)16-11-13(25-2)9-10-17(16)26-3/h5-11,20H,4,12H2,1-3H3,(H,21,23)/t20-/m0/s1. The molecule has 27 heavy (non-hydrogen) atoms. The van der Waals surface area contributed by atoms with E-state index in [4.69, 9.17) is 9.47 Å². The van der Waals surface area contributed by atoms with Gasteiger partial charge in [0.25, 0.3) is 0 Å². The van der Waals surface area contributed by atoms with Gasteiger partial charge in [-0.2, -0.15) is 0 Å². The Morgan fingerprint density at radius 3 is 2.70 bits per heavy atom. The minimum atomic E-state index is -0.271. The molecule has 2 aromatic rings. The van der Waals surface area contributed by atoms with Crippen molar-refractivity contribution in [3.05, 3.63) is 48.0 Å². The summed E-state index contributed by atoms with van der Waals surface area (Å²) in [5.41, 5.74) is 2.23. The van der Waals surface area contributed by atoms with Crippen LogP contribution in [0.1, 0.15) is 24.3 Å². The average molecular weight is 386 g/mol. The third-order valence-corrected chi connectivity index (χ3v) is 5.53. The van der Waals surface area contributed by atoms with Gasteiger partial charge in [-0.3, -0.25) is 14.5 Å². The van der Waals surface area contributed by atoms with E-state index in [0.29, 0.717) is 35.0 Å². The normalized spacial score (nSPS) is 16.3. The number of carbonyl (C=O) groups excluding carboxylic acids is 2. The Morgan fingerprint density at radius 2 is 2.00 bits per heavy atom. The van der Waals surface area contributed by atoms with Gasteiger partial charge in [0, 0.05) is 23.7 Å². The molecule has 1 atom stereocenters. The number of nitrogens with zero attached hydrogens (tertiary/aromatic N) is 1. The molecule has 7 heteroatoms. The second kappa shape index (κ2) is 8.35. The number of hydrogen-bond acceptors (Lipinski definition) is 5. The van der Waals surface area contributed by atoms with Crippen LogP contribution in [0.5, 0.6) is 11.5 Å². The Labute approximate surface area is 162 Å². The van der Waals surface area contributed by atoms with Gasteiger partial charge in [0.1, 0.15) is 16.9 Å². The van der Waals surface area contributed by atoms with E-state index in [0.717, 1.165) is 5.56 Å². The van der Waals surface area contributed by atoms with Crippen LogP contribution in [0, 0.1) is 0 Å². The number of nitrogens with one attached hydrogen (secondary N) is 1. The van der Waals surface area contributed by atoms with Crippen molar-refractivity contribution in [1.29, 1.82) is 0 Å². The van der Waals surface area contributed by atoms with E-state index in [9.17, 15) is 9.59 Å². The molecule has 2 aromatic carbocycles. The van der Waals surface area contributed by atoms with Crippen LogP contribution < -0.4 is 19.7 Å². The molecular weight excluding hydrogens is 364 g/mol. The molecule has 6 nitrogen and oxygen atoms in total. The van der Waals surface area contributed by atoms with Crippen molar-refractivity contribution in [2.75, 3.05) is 30.2 Å². The van der Waals surface area contributed by atoms with Gasteiger partial charge in [-0.25, -0.2) is 0 Å². The molecule has 0 spiro atoms. The summed E-state index contributed by atoms with van der Waals surface area (Å²) in [5.74, 6) is 1.49. The highest BCUT2D eigenvalue weighted by molar-refractivity contribution is 8.00. The predicted molar refractivity (Wildman–Crippen MR) is 108 cm³/mol. The SMILES string of the molecule is CCC(=O)Nc1ccccc1[C@@H]1SCC(=O)N1c1cc(OC)ccc1OC. The molecule has 0 unspecified atom stereocenters. The van der Waals surface area contributed by atoms with Crippen LogP contribution in [-0.2, 0) is 9.59 Å². The fourth-order valence-electron chi connectivity index (χ4n) is 2.96. The van der Waals surface area contributed by atoms with Gasteiger partial charge in [-0.1, -0.05) is 25.1 Å². The molecule has 0 radical (unpaired) electrons. The quantitative estimate of drug-likeness (QED) is 0.817. The van der Waals surface area contributed by atoms with Crippen LogP contribution in [0.4, 0.5) is 11.4 Å². The van der Waals surface area contributed by atoms with Crippen molar-refractivity contribution >= 4 is 35.0 Å². The molecule has 0 aliphatic carbocycles. The number of thioether (sulfide) groups is 1. The van der Waals surface area contributed by atoms with E-state index < -0.39 is 0 Å². The Bertz CT molecular complexity index is 856. The molecule has 1 heterocycles. The summed E-state index contributed by atoms with van der Waals surface area (Å²) in [6, 6.07) is 12.9. The van der Waals surface area contributed by atoms with E-state index in [1.54, 1.807) is 44.2 Å². The molecule has 1 aliphatic heterocycles. The lowest BCUT2D eigenvalue weighted by Crippen LogP contribution is -2.29. The number of anilines is 2. The fraction of sp³-hybridized carbons (Fsp3) is 0.300. The van der Waals surface area contributed by atoms with E-state index >= 15 is 0 Å². The van der Waals surface area contributed by atoms with Gasteiger partial charge in [-0.15, -0.1) is 11.8 Å². The number of hydrogen-bond donors (Lipinski definition) is 1. The number of para-hydroxylation sites is 1. The van der Waals surface area contributed by atoms with Gasteiger partial charge in [0.05, 0.1) is 25.7 Å². The highest BCUT2D eigenvalue weighted by atomic mass is 32.2. The highest BCUT2D eigenvalue weighted by Crippen LogP contribution is 2.47. The summed E-state index contributed by atoms with van der Waals surface area (Å²) < 4.78 is 10.8. The lowest BCUT2D eigenvalue weighted by Gasteiger charge is -2.27. The smallest absolute Gasteiger partial charge is 0.238 e. The molecule has 3 rings (SSSR count). The lowest BCUT2D eigenvalue weighted by atomic mass is 10.1. The van der Waals surface area contributed by atoms with Crippen LogP contribution in [0.25, 0.3) is 0 Å². The number of methoxy groups -OCH3 is 2. The first-order valence-electron chi connectivity index (χ1n) is 8.63. The number of benzene rings is 2. The minimum absolute atomic E-state index is 0.0202. The van der Waals surface area contributed by atoms with E-state index in [1.165, 1.54) is 11.8 Å². The summed E-state index contributed by atoms with van der Waals surface area (Å²) in [6.07, 6.45) is 0.387. The van der Waals surface area contributed by atoms with Crippen molar-refractivity contribution in [3.8, 4) is 11.5 Å². The number of rotatable bonds is 6. The summed E-state index contributed by atoms with van der Waals surface area (Å²) in [4.78, 5) is 26.4. The number of ether oxygens (including phenoxy) is 2. The second-order valence-electron chi connectivity index (χ2n) is 5.95. The molecule has 142 valence electrons. The maximum absolute atomic E-state index is 12.7. The molecule has 0 saturated carbocycles. The zero-order valence-electron chi connectivity index (χ0n) is 15.5. The highest BCUT2D eigenvalue weighted by Gasteiger charge is 2.37. The number of amides is 2. The van der Waals surface area contributed by atoms with Crippen molar-refractivity contribution in [1.82, 2.24) is 0 Å². The molecule has 1 saturated heterocycles. The van der Waals surface area contributed by atoms with Gasteiger partial charge in [0.15, 0.2) is 0 Å². The molecule has 2 amide bonds. The van der Waals surface area contributed by atoms with E-state index in [2.05, 4.69) is 5.32 Å². The van der Waals surface area contributed by atoms with Crippen LogP contribution in [0.3, 0.4) is 0 Å². The minimum Gasteiger partial charge on any atom is -0.497 e. The maximum Gasteiger partial charge on any atom is 0.238 e. The average Bonchev–Trinajstić information content (AvgIpc) is 3.08. The van der Waals surface area contributed by atoms with Crippen LogP contribution in [0.2, 0.25) is 0 Å². The second-order valence-corrected chi connectivity index (χ2v) is 7.02. The molecule has 1 N–H and O–H groups in total. The monoisotopic (exact) mass is 386 g/mol. The van der Waals surface area contributed by atoms with Gasteiger partial charge >= 0.3 is 0 Å². The Hall–Kier alpha value is -2.67. The Morgan fingerprint density at radius 1 is 1.22 bits per heavy atom. The van der Waals surface area contributed by atoms with Crippen molar-refractivity contribution < 1.29 is 19.1 Å².